The van der Waals surface area contributed by atoms with E-state index >= 15 is 0 Å². The van der Waals surface area contributed by atoms with Gasteiger partial charge >= 0.3 is 6.11 Å². The molecule has 0 radical (unpaired) electrons. The Bertz CT molecular complexity index is 890. The van der Waals surface area contributed by atoms with E-state index in [0.717, 1.165) is 44.1 Å². The Morgan fingerprint density at radius 3 is 2.21 bits per heavy atom. The molecule has 0 bridgehead atoms. The van der Waals surface area contributed by atoms with Crippen LogP contribution in [0.5, 0.6) is 11.5 Å². The molecular formula is C28H36F4O2. The van der Waals surface area contributed by atoms with Gasteiger partial charge in [0.05, 0.1) is 0 Å². The SMILES string of the molecule is CCCCCC1CCC(c2ccc(OCC(F)(F)Oc3ccc(CCC)cc3)c(F)c2F)CC1. The average molecular weight is 481 g/mol. The molecule has 1 fully saturated rings. The first-order valence-corrected chi connectivity index (χ1v) is 12.6. The lowest BCUT2D eigenvalue weighted by molar-refractivity contribution is -0.195. The van der Waals surface area contributed by atoms with E-state index in [1.165, 1.54) is 49.9 Å². The Morgan fingerprint density at radius 1 is 0.853 bits per heavy atom. The van der Waals surface area contributed by atoms with Crippen molar-refractivity contribution in [1.82, 2.24) is 0 Å². The minimum absolute atomic E-state index is 0.0132. The Kier molecular flexibility index (Phi) is 9.66. The van der Waals surface area contributed by atoms with Crippen molar-refractivity contribution in [2.75, 3.05) is 6.61 Å². The van der Waals surface area contributed by atoms with Crippen molar-refractivity contribution in [2.45, 2.75) is 90.1 Å². The molecule has 1 aliphatic carbocycles. The van der Waals surface area contributed by atoms with Crippen LogP contribution in [0.1, 0.15) is 88.7 Å². The van der Waals surface area contributed by atoms with Crippen molar-refractivity contribution in [1.29, 1.82) is 0 Å². The summed E-state index contributed by atoms with van der Waals surface area (Å²) < 4.78 is 67.5. The first-order chi connectivity index (χ1) is 16.3. The maximum absolute atomic E-state index is 14.8. The van der Waals surface area contributed by atoms with Crippen LogP contribution in [0.2, 0.25) is 0 Å². The van der Waals surface area contributed by atoms with Crippen molar-refractivity contribution in [2.24, 2.45) is 5.92 Å². The summed E-state index contributed by atoms with van der Waals surface area (Å²) in [6, 6.07) is 9.10. The predicted octanol–water partition coefficient (Wildman–Crippen LogP) is 8.82. The van der Waals surface area contributed by atoms with Crippen LogP contribution in [0.25, 0.3) is 0 Å². The maximum Gasteiger partial charge on any atom is 0.432 e. The minimum atomic E-state index is -3.69. The number of benzene rings is 2. The summed E-state index contributed by atoms with van der Waals surface area (Å²) in [4.78, 5) is 0. The molecule has 0 aliphatic heterocycles. The number of hydrogen-bond acceptors (Lipinski definition) is 2. The number of hydrogen-bond donors (Lipinski definition) is 0. The van der Waals surface area contributed by atoms with Crippen molar-refractivity contribution in [3.8, 4) is 11.5 Å². The molecule has 34 heavy (non-hydrogen) atoms. The first kappa shape index (κ1) is 26.4. The number of unbranched alkanes of at least 4 members (excludes halogenated alkanes) is 2. The molecule has 0 saturated heterocycles. The first-order valence-electron chi connectivity index (χ1n) is 12.6. The van der Waals surface area contributed by atoms with E-state index in [9.17, 15) is 17.6 Å². The molecule has 0 heterocycles. The monoisotopic (exact) mass is 480 g/mol. The third-order valence-electron chi connectivity index (χ3n) is 6.70. The Labute approximate surface area is 200 Å². The summed E-state index contributed by atoms with van der Waals surface area (Å²) in [5.41, 5.74) is 1.34. The third-order valence-corrected chi connectivity index (χ3v) is 6.70. The highest BCUT2D eigenvalue weighted by Crippen LogP contribution is 2.40. The number of alkyl halides is 2. The van der Waals surface area contributed by atoms with Crippen LogP contribution in [0.3, 0.4) is 0 Å². The Balaban J connectivity index is 1.55. The molecule has 2 nitrogen and oxygen atoms in total. The molecule has 0 unspecified atom stereocenters. The zero-order chi connectivity index (χ0) is 24.6. The number of aryl methyl sites for hydroxylation is 1. The second-order valence-electron chi connectivity index (χ2n) is 9.42. The van der Waals surface area contributed by atoms with E-state index in [-0.39, 0.29) is 11.7 Å². The van der Waals surface area contributed by atoms with Gasteiger partial charge < -0.3 is 9.47 Å². The van der Waals surface area contributed by atoms with Gasteiger partial charge in [0.25, 0.3) is 0 Å². The third kappa shape index (κ3) is 7.38. The van der Waals surface area contributed by atoms with Crippen LogP contribution in [0, 0.1) is 17.6 Å². The summed E-state index contributed by atoms with van der Waals surface area (Å²) in [5.74, 6) is -2.16. The van der Waals surface area contributed by atoms with Gasteiger partial charge in [0.2, 0.25) is 5.82 Å². The van der Waals surface area contributed by atoms with E-state index in [2.05, 4.69) is 6.92 Å². The second kappa shape index (κ2) is 12.5. The fourth-order valence-corrected chi connectivity index (χ4v) is 4.80. The fraction of sp³-hybridized carbons (Fsp3) is 0.571. The van der Waals surface area contributed by atoms with Crippen LogP contribution in [0.15, 0.2) is 36.4 Å². The summed E-state index contributed by atoms with van der Waals surface area (Å²) in [6.07, 6.45) is 6.61. The van der Waals surface area contributed by atoms with Gasteiger partial charge in [-0.3, -0.25) is 0 Å². The molecule has 6 heteroatoms. The molecule has 0 atom stereocenters. The summed E-state index contributed by atoms with van der Waals surface area (Å²) >= 11 is 0. The molecule has 2 aromatic rings. The van der Waals surface area contributed by atoms with Gasteiger partial charge in [-0.15, -0.1) is 0 Å². The lowest BCUT2D eigenvalue weighted by atomic mass is 9.77. The van der Waals surface area contributed by atoms with E-state index in [4.69, 9.17) is 9.47 Å². The average Bonchev–Trinajstić information content (AvgIpc) is 2.82. The lowest BCUT2D eigenvalue weighted by Gasteiger charge is -2.29. The summed E-state index contributed by atoms with van der Waals surface area (Å²) in [5, 5.41) is 0. The number of halogens is 4. The maximum atomic E-state index is 14.8. The minimum Gasteiger partial charge on any atom is -0.480 e. The van der Waals surface area contributed by atoms with Crippen molar-refractivity contribution in [3.63, 3.8) is 0 Å². The zero-order valence-corrected chi connectivity index (χ0v) is 20.2. The molecule has 0 spiro atoms. The quantitative estimate of drug-likeness (QED) is 0.223. The highest BCUT2D eigenvalue weighted by molar-refractivity contribution is 5.33. The molecule has 0 aromatic heterocycles. The number of ether oxygens (including phenoxy) is 2. The van der Waals surface area contributed by atoms with Gasteiger partial charge in [-0.1, -0.05) is 64.2 Å². The predicted molar refractivity (Wildman–Crippen MR) is 127 cm³/mol. The highest BCUT2D eigenvalue weighted by atomic mass is 19.3. The summed E-state index contributed by atoms with van der Waals surface area (Å²) in [7, 11) is 0. The molecule has 3 rings (SSSR count). The van der Waals surface area contributed by atoms with E-state index in [1.807, 2.05) is 6.92 Å². The van der Waals surface area contributed by atoms with Crippen molar-refractivity contribution >= 4 is 0 Å². The van der Waals surface area contributed by atoms with Crippen molar-refractivity contribution < 1.29 is 27.0 Å². The van der Waals surface area contributed by atoms with E-state index in [0.29, 0.717) is 11.5 Å². The van der Waals surface area contributed by atoms with Crippen LogP contribution in [0.4, 0.5) is 17.6 Å². The Hall–Kier alpha value is -2.24. The van der Waals surface area contributed by atoms with Crippen LogP contribution in [-0.4, -0.2) is 12.7 Å². The topological polar surface area (TPSA) is 18.5 Å². The lowest BCUT2D eigenvalue weighted by Crippen LogP contribution is -2.32. The zero-order valence-electron chi connectivity index (χ0n) is 20.2. The van der Waals surface area contributed by atoms with Crippen LogP contribution < -0.4 is 9.47 Å². The van der Waals surface area contributed by atoms with Gasteiger partial charge in [0.15, 0.2) is 18.2 Å². The van der Waals surface area contributed by atoms with Crippen LogP contribution in [-0.2, 0) is 6.42 Å². The largest absolute Gasteiger partial charge is 0.480 e. The normalized spacial score (nSPS) is 18.6. The highest BCUT2D eigenvalue weighted by Gasteiger charge is 2.34. The molecular weight excluding hydrogens is 444 g/mol. The van der Waals surface area contributed by atoms with Gasteiger partial charge in [0, 0.05) is 0 Å². The summed E-state index contributed by atoms with van der Waals surface area (Å²) in [6.45, 7) is 2.99. The molecule has 188 valence electrons. The van der Waals surface area contributed by atoms with Crippen LogP contribution >= 0.6 is 0 Å². The number of rotatable bonds is 12. The van der Waals surface area contributed by atoms with Gasteiger partial charge in [-0.05, 0) is 73.3 Å². The second-order valence-corrected chi connectivity index (χ2v) is 9.42. The molecule has 1 saturated carbocycles. The van der Waals surface area contributed by atoms with E-state index in [1.54, 1.807) is 12.1 Å². The van der Waals surface area contributed by atoms with Gasteiger partial charge in [-0.25, -0.2) is 4.39 Å². The van der Waals surface area contributed by atoms with Gasteiger partial charge in [0.1, 0.15) is 5.75 Å². The molecule has 0 amide bonds. The smallest absolute Gasteiger partial charge is 0.432 e. The molecule has 0 N–H and O–H groups in total. The van der Waals surface area contributed by atoms with Crippen molar-refractivity contribution in [3.05, 3.63) is 59.2 Å². The molecule has 1 aliphatic rings. The van der Waals surface area contributed by atoms with E-state index < -0.39 is 30.1 Å². The Morgan fingerprint density at radius 2 is 1.56 bits per heavy atom. The molecule has 2 aromatic carbocycles. The standard InChI is InChI=1S/C28H36F4O2/c1-3-5-6-8-21-9-13-22(14-10-21)24-17-18-25(27(30)26(24)29)33-19-28(31,32)34-23-15-11-20(7-4-2)12-16-23/h11-12,15-18,21-22H,3-10,13-14,19H2,1-2H3. The van der Waals surface area contributed by atoms with Gasteiger partial charge in [-0.2, -0.15) is 13.2 Å². The fourth-order valence-electron chi connectivity index (χ4n) is 4.80.